The van der Waals surface area contributed by atoms with Crippen molar-refractivity contribution in [2.75, 3.05) is 19.4 Å². The van der Waals surface area contributed by atoms with Gasteiger partial charge in [0.05, 0.1) is 18.6 Å². The van der Waals surface area contributed by atoms with E-state index < -0.39 is 0 Å². The summed E-state index contributed by atoms with van der Waals surface area (Å²) < 4.78 is 5.16. The maximum absolute atomic E-state index is 11.6. The van der Waals surface area contributed by atoms with Crippen molar-refractivity contribution in [1.82, 2.24) is 10.2 Å². The summed E-state index contributed by atoms with van der Waals surface area (Å²) in [6.45, 7) is 0.622. The van der Waals surface area contributed by atoms with Crippen LogP contribution in [0.15, 0.2) is 41.2 Å². The quantitative estimate of drug-likeness (QED) is 0.902. The third-order valence-electron chi connectivity index (χ3n) is 3.62. The van der Waals surface area contributed by atoms with Gasteiger partial charge in [0.1, 0.15) is 0 Å². The Hall–Kier alpha value is -2.27. The van der Waals surface area contributed by atoms with Gasteiger partial charge in [-0.2, -0.15) is 0 Å². The summed E-state index contributed by atoms with van der Waals surface area (Å²) in [7, 11) is 3.71. The van der Waals surface area contributed by atoms with Crippen molar-refractivity contribution in [2.24, 2.45) is 0 Å². The third-order valence-corrected chi connectivity index (χ3v) is 3.62. The lowest BCUT2D eigenvalue weighted by Gasteiger charge is -2.27. The van der Waals surface area contributed by atoms with Gasteiger partial charge >= 0.3 is 6.03 Å². The lowest BCUT2D eigenvalue weighted by atomic mass is 9.97. The average molecular weight is 271 g/mol. The molecule has 104 valence electrons. The molecule has 1 aromatic carbocycles. The second-order valence-corrected chi connectivity index (χ2v) is 4.98. The zero-order valence-corrected chi connectivity index (χ0v) is 11.5. The number of nitrogens with one attached hydrogen (secondary N) is 2. The molecule has 5 nitrogen and oxygen atoms in total. The Balaban J connectivity index is 1.96. The number of furan rings is 1. The van der Waals surface area contributed by atoms with Crippen molar-refractivity contribution in [3.63, 3.8) is 0 Å². The topological polar surface area (TPSA) is 57.5 Å². The van der Waals surface area contributed by atoms with Crippen LogP contribution in [0.4, 0.5) is 10.5 Å². The second-order valence-electron chi connectivity index (χ2n) is 4.98. The fourth-order valence-electron chi connectivity index (χ4n) is 2.55. The van der Waals surface area contributed by atoms with E-state index in [4.69, 9.17) is 4.42 Å². The molecule has 5 heteroatoms. The summed E-state index contributed by atoms with van der Waals surface area (Å²) in [4.78, 5) is 13.3. The molecule has 0 radical (unpaired) electrons. The number of benzene rings is 1. The number of rotatable bonds is 3. The van der Waals surface area contributed by atoms with Crippen LogP contribution in [0, 0.1) is 0 Å². The normalized spacial score (nSPS) is 15.7. The van der Waals surface area contributed by atoms with Gasteiger partial charge in [-0.15, -0.1) is 0 Å². The van der Waals surface area contributed by atoms with Gasteiger partial charge in [0.15, 0.2) is 0 Å². The van der Waals surface area contributed by atoms with Crippen molar-refractivity contribution in [1.29, 1.82) is 0 Å². The molecule has 0 saturated carbocycles. The smallest absolute Gasteiger partial charge is 0.321 e. The van der Waals surface area contributed by atoms with Gasteiger partial charge in [-0.25, -0.2) is 4.79 Å². The first-order valence-corrected chi connectivity index (χ1v) is 6.53. The highest BCUT2D eigenvalue weighted by Gasteiger charge is 2.21. The van der Waals surface area contributed by atoms with Crippen LogP contribution in [0.3, 0.4) is 0 Å². The first-order chi connectivity index (χ1) is 9.69. The molecule has 1 atom stereocenters. The van der Waals surface area contributed by atoms with Crippen LogP contribution in [-0.2, 0) is 6.54 Å². The minimum atomic E-state index is -0.0646. The molecule has 2 amide bonds. The number of amides is 2. The Morgan fingerprint density at radius 3 is 2.90 bits per heavy atom. The molecule has 2 heterocycles. The molecule has 1 unspecified atom stereocenters. The van der Waals surface area contributed by atoms with E-state index in [9.17, 15) is 4.79 Å². The minimum absolute atomic E-state index is 0.0646. The Morgan fingerprint density at radius 2 is 2.20 bits per heavy atom. The molecular formula is C15H17N3O2. The Labute approximate surface area is 117 Å². The number of hydrogen-bond donors (Lipinski definition) is 2. The first kappa shape index (κ1) is 12.7. The van der Waals surface area contributed by atoms with Gasteiger partial charge in [0, 0.05) is 24.8 Å². The molecule has 0 spiro atoms. The number of anilines is 1. The summed E-state index contributed by atoms with van der Waals surface area (Å²) in [5, 5.41) is 6.16. The minimum Gasteiger partial charge on any atom is -0.472 e. The van der Waals surface area contributed by atoms with Crippen LogP contribution in [0.2, 0.25) is 0 Å². The van der Waals surface area contributed by atoms with Crippen LogP contribution >= 0.6 is 0 Å². The molecule has 0 bridgehead atoms. The van der Waals surface area contributed by atoms with E-state index in [1.165, 1.54) is 0 Å². The summed E-state index contributed by atoms with van der Waals surface area (Å²) in [6, 6.07) is 8.08. The molecule has 0 aliphatic carbocycles. The van der Waals surface area contributed by atoms with Crippen molar-refractivity contribution in [3.05, 3.63) is 53.5 Å². The summed E-state index contributed by atoms with van der Waals surface area (Å²) in [5.41, 5.74) is 4.24. The zero-order valence-electron chi connectivity index (χ0n) is 11.5. The highest BCUT2D eigenvalue weighted by molar-refractivity contribution is 5.92. The lowest BCUT2D eigenvalue weighted by molar-refractivity contribution is 0.218. The van der Waals surface area contributed by atoms with Gasteiger partial charge in [-0.3, -0.25) is 0 Å². The molecule has 2 aromatic rings. The fraction of sp³-hybridized carbons (Fsp3) is 0.267. The van der Waals surface area contributed by atoms with Crippen LogP contribution in [0.25, 0.3) is 0 Å². The van der Waals surface area contributed by atoms with E-state index >= 15 is 0 Å². The molecule has 1 aliphatic rings. The van der Waals surface area contributed by atoms with Gasteiger partial charge in [-0.1, -0.05) is 12.1 Å². The van der Waals surface area contributed by atoms with Gasteiger partial charge in [0.2, 0.25) is 0 Å². The predicted octanol–water partition coefficient (Wildman–Crippen LogP) is 2.57. The van der Waals surface area contributed by atoms with E-state index in [1.54, 1.807) is 24.5 Å². The van der Waals surface area contributed by atoms with Crippen molar-refractivity contribution >= 4 is 11.7 Å². The number of fused-ring (bicyclic) bond motifs is 1. The highest BCUT2D eigenvalue weighted by atomic mass is 16.3. The summed E-state index contributed by atoms with van der Waals surface area (Å²) >= 11 is 0. The van der Waals surface area contributed by atoms with Gasteiger partial charge in [0.25, 0.3) is 0 Å². The monoisotopic (exact) mass is 271 g/mol. The largest absolute Gasteiger partial charge is 0.472 e. The van der Waals surface area contributed by atoms with E-state index in [0.717, 1.165) is 22.4 Å². The SMILES string of the molecule is CNC(c1ccoc1)c1ccc2c(c1)CN(C)C(=O)N2. The summed E-state index contributed by atoms with van der Waals surface area (Å²) in [6.07, 6.45) is 3.42. The van der Waals surface area contributed by atoms with E-state index in [1.807, 2.05) is 25.2 Å². The molecule has 20 heavy (non-hydrogen) atoms. The molecule has 3 rings (SSSR count). The molecule has 1 aliphatic heterocycles. The lowest BCUT2D eigenvalue weighted by Crippen LogP contribution is -2.35. The third kappa shape index (κ3) is 2.16. The van der Waals surface area contributed by atoms with Crippen molar-refractivity contribution < 1.29 is 9.21 Å². The van der Waals surface area contributed by atoms with Crippen LogP contribution in [-0.4, -0.2) is 25.0 Å². The van der Waals surface area contributed by atoms with E-state index in [0.29, 0.717) is 6.54 Å². The number of urea groups is 1. The highest BCUT2D eigenvalue weighted by Crippen LogP contribution is 2.29. The number of carbonyl (C=O) groups excluding carboxylic acids is 1. The Bertz CT molecular complexity index is 622. The molecule has 1 aromatic heterocycles. The van der Waals surface area contributed by atoms with Gasteiger partial charge in [-0.05, 0) is 30.3 Å². The van der Waals surface area contributed by atoms with Crippen LogP contribution < -0.4 is 10.6 Å². The maximum Gasteiger partial charge on any atom is 0.321 e. The zero-order chi connectivity index (χ0) is 14.1. The predicted molar refractivity (Wildman–Crippen MR) is 76.5 cm³/mol. The van der Waals surface area contributed by atoms with Crippen molar-refractivity contribution in [2.45, 2.75) is 12.6 Å². The molecule has 2 N–H and O–H groups in total. The van der Waals surface area contributed by atoms with E-state index in [-0.39, 0.29) is 12.1 Å². The Morgan fingerprint density at radius 1 is 1.35 bits per heavy atom. The standard InChI is InChI=1S/C15H17N3O2/c1-16-14(11-5-6-20-9-11)10-3-4-13-12(7-10)8-18(2)15(19)17-13/h3-7,9,14,16H,8H2,1-2H3,(H,17,19). The van der Waals surface area contributed by atoms with Crippen LogP contribution in [0.5, 0.6) is 0 Å². The maximum atomic E-state index is 11.6. The van der Waals surface area contributed by atoms with Crippen molar-refractivity contribution in [3.8, 4) is 0 Å². The molecular weight excluding hydrogens is 254 g/mol. The van der Waals surface area contributed by atoms with Gasteiger partial charge < -0.3 is 20.0 Å². The number of carbonyl (C=O) groups is 1. The molecule has 0 saturated heterocycles. The molecule has 0 fully saturated rings. The van der Waals surface area contributed by atoms with E-state index in [2.05, 4.69) is 16.7 Å². The summed E-state index contributed by atoms with van der Waals surface area (Å²) in [5.74, 6) is 0. The number of nitrogens with zero attached hydrogens (tertiary/aromatic N) is 1. The Kier molecular flexibility index (Phi) is 3.20. The second kappa shape index (κ2) is 5.02. The average Bonchev–Trinajstić information content (AvgIpc) is 2.95. The fourth-order valence-corrected chi connectivity index (χ4v) is 2.55. The van der Waals surface area contributed by atoms with Crippen LogP contribution in [0.1, 0.15) is 22.7 Å². The first-order valence-electron chi connectivity index (χ1n) is 6.53. The number of hydrogen-bond acceptors (Lipinski definition) is 3.